The van der Waals surface area contributed by atoms with Crippen molar-refractivity contribution in [2.24, 2.45) is 5.92 Å². The van der Waals surface area contributed by atoms with Crippen molar-refractivity contribution in [3.05, 3.63) is 40.8 Å². The van der Waals surface area contributed by atoms with E-state index in [1.807, 2.05) is 34.5 Å². The maximum absolute atomic E-state index is 13.7. The maximum Gasteiger partial charge on any atom is 0.270 e. The molecule has 0 bridgehead atoms. The zero-order valence-electron chi connectivity index (χ0n) is 17.0. The number of thiophene rings is 1. The molecule has 0 radical (unpaired) electrons. The molecule has 1 spiro atoms. The number of furan rings is 1. The third-order valence-electron chi connectivity index (χ3n) is 7.39. The fourth-order valence-electron chi connectivity index (χ4n) is 6.13. The van der Waals surface area contributed by atoms with Crippen LogP contribution in [0.25, 0.3) is 11.6 Å². The molecule has 2 fully saturated rings. The summed E-state index contributed by atoms with van der Waals surface area (Å²) in [5, 5.41) is 6.97. The Morgan fingerprint density at radius 3 is 2.73 bits per heavy atom. The number of amides is 1. The maximum atomic E-state index is 13.7. The SMILES string of the molecule is O=C(c1cccs1)N1c2nc(-c3ccco3)nn2C2(CCCCC2)[C@@H]2CCCC[C@@H]21. The van der Waals surface area contributed by atoms with E-state index in [1.54, 1.807) is 6.26 Å². The van der Waals surface area contributed by atoms with Gasteiger partial charge in [-0.25, -0.2) is 4.68 Å². The minimum Gasteiger partial charge on any atom is -0.461 e. The van der Waals surface area contributed by atoms with Gasteiger partial charge in [-0.05, 0) is 49.3 Å². The first-order chi connectivity index (χ1) is 14.8. The fourth-order valence-corrected chi connectivity index (χ4v) is 6.79. The molecule has 1 aliphatic heterocycles. The molecule has 2 saturated carbocycles. The van der Waals surface area contributed by atoms with Crippen LogP contribution in [0.2, 0.25) is 0 Å². The lowest BCUT2D eigenvalue weighted by atomic mass is 9.64. The van der Waals surface area contributed by atoms with Gasteiger partial charge in [0.25, 0.3) is 5.91 Å². The van der Waals surface area contributed by atoms with Crippen molar-refractivity contribution in [3.8, 4) is 11.6 Å². The second kappa shape index (κ2) is 7.08. The van der Waals surface area contributed by atoms with E-state index in [0.717, 1.165) is 30.6 Å². The summed E-state index contributed by atoms with van der Waals surface area (Å²) in [5.74, 6) is 2.46. The number of fused-ring (bicyclic) bond motifs is 4. The molecule has 2 atom stereocenters. The standard InChI is InChI=1S/C23H26N4O2S/c28-21(19-11-7-15-30-19)26-17-9-3-2-8-16(17)23(12-4-1-5-13-23)27-22(26)24-20(25-27)18-10-6-14-29-18/h6-7,10-11,14-17H,1-5,8-9,12-13H2/t16-,17+/m1/s1. The first-order valence-electron chi connectivity index (χ1n) is 11.2. The molecule has 0 saturated heterocycles. The highest BCUT2D eigenvalue weighted by Crippen LogP contribution is 2.53. The zero-order chi connectivity index (χ0) is 20.1. The number of carbonyl (C=O) groups is 1. The molecule has 0 unspecified atom stereocenters. The summed E-state index contributed by atoms with van der Waals surface area (Å²) in [6.07, 6.45) is 12.2. The summed E-state index contributed by atoms with van der Waals surface area (Å²) in [6, 6.07) is 7.83. The third-order valence-corrected chi connectivity index (χ3v) is 8.25. The monoisotopic (exact) mass is 422 g/mol. The Morgan fingerprint density at radius 2 is 1.97 bits per heavy atom. The molecule has 3 aliphatic rings. The van der Waals surface area contributed by atoms with Crippen LogP contribution in [0.4, 0.5) is 5.95 Å². The highest BCUT2D eigenvalue weighted by atomic mass is 32.1. The van der Waals surface area contributed by atoms with Crippen molar-refractivity contribution in [1.29, 1.82) is 0 Å². The predicted molar refractivity (Wildman–Crippen MR) is 116 cm³/mol. The first kappa shape index (κ1) is 18.4. The molecule has 0 N–H and O–H groups in total. The fraction of sp³-hybridized carbons (Fsp3) is 0.522. The molecule has 30 heavy (non-hydrogen) atoms. The molecular formula is C23H26N4O2S. The van der Waals surface area contributed by atoms with Gasteiger partial charge in [-0.15, -0.1) is 16.4 Å². The summed E-state index contributed by atoms with van der Waals surface area (Å²) in [4.78, 5) is 21.3. The molecular weight excluding hydrogens is 396 g/mol. The van der Waals surface area contributed by atoms with Crippen LogP contribution >= 0.6 is 11.3 Å². The van der Waals surface area contributed by atoms with Gasteiger partial charge in [-0.3, -0.25) is 9.69 Å². The van der Waals surface area contributed by atoms with Crippen molar-refractivity contribution in [3.63, 3.8) is 0 Å². The van der Waals surface area contributed by atoms with E-state index in [4.69, 9.17) is 14.5 Å². The minimum absolute atomic E-state index is 0.0251. The first-order valence-corrected chi connectivity index (χ1v) is 12.0. The Kier molecular flexibility index (Phi) is 4.33. The largest absolute Gasteiger partial charge is 0.461 e. The average Bonchev–Trinajstić information content (AvgIpc) is 3.56. The van der Waals surface area contributed by atoms with Gasteiger partial charge in [0.15, 0.2) is 5.76 Å². The number of rotatable bonds is 2. The Hall–Kier alpha value is -2.41. The van der Waals surface area contributed by atoms with Gasteiger partial charge in [-0.2, -0.15) is 4.98 Å². The van der Waals surface area contributed by atoms with Crippen LogP contribution in [-0.4, -0.2) is 26.7 Å². The van der Waals surface area contributed by atoms with Crippen LogP contribution in [0.1, 0.15) is 67.5 Å². The lowest BCUT2D eigenvalue weighted by molar-refractivity contribution is 0.0314. The number of carbonyl (C=O) groups excluding carboxylic acids is 1. The molecule has 3 aromatic heterocycles. The van der Waals surface area contributed by atoms with Gasteiger partial charge in [0, 0.05) is 12.0 Å². The van der Waals surface area contributed by atoms with E-state index in [9.17, 15) is 4.79 Å². The van der Waals surface area contributed by atoms with Crippen molar-refractivity contribution >= 4 is 23.2 Å². The molecule has 7 heteroatoms. The smallest absolute Gasteiger partial charge is 0.270 e. The highest BCUT2D eigenvalue weighted by molar-refractivity contribution is 7.12. The Balaban J connectivity index is 1.55. The number of nitrogens with zero attached hydrogens (tertiary/aromatic N) is 4. The number of hydrogen-bond donors (Lipinski definition) is 0. The van der Waals surface area contributed by atoms with E-state index in [-0.39, 0.29) is 17.5 Å². The van der Waals surface area contributed by atoms with Crippen LogP contribution < -0.4 is 4.90 Å². The lowest BCUT2D eigenvalue weighted by Crippen LogP contribution is -2.61. The normalized spacial score (nSPS) is 25.1. The second-order valence-electron chi connectivity index (χ2n) is 8.90. The minimum atomic E-state index is -0.0251. The van der Waals surface area contributed by atoms with Crippen LogP contribution in [0.5, 0.6) is 0 Å². The van der Waals surface area contributed by atoms with Gasteiger partial charge < -0.3 is 4.42 Å². The topological polar surface area (TPSA) is 64.2 Å². The quantitative estimate of drug-likeness (QED) is 0.549. The number of aromatic nitrogens is 3. The predicted octanol–water partition coefficient (Wildman–Crippen LogP) is 5.48. The Morgan fingerprint density at radius 1 is 1.10 bits per heavy atom. The van der Waals surface area contributed by atoms with Gasteiger partial charge in [-0.1, -0.05) is 38.2 Å². The second-order valence-corrected chi connectivity index (χ2v) is 9.85. The van der Waals surface area contributed by atoms with E-state index in [2.05, 4.69) is 4.68 Å². The molecule has 156 valence electrons. The number of anilines is 1. The molecule has 6 rings (SSSR count). The van der Waals surface area contributed by atoms with Gasteiger partial charge in [0.1, 0.15) is 0 Å². The van der Waals surface area contributed by atoms with E-state index in [1.165, 1.54) is 43.4 Å². The summed E-state index contributed by atoms with van der Waals surface area (Å²) in [6.45, 7) is 0. The van der Waals surface area contributed by atoms with Crippen molar-refractivity contribution < 1.29 is 9.21 Å². The summed E-state index contributed by atoms with van der Waals surface area (Å²) in [5.41, 5.74) is -0.0251. The summed E-state index contributed by atoms with van der Waals surface area (Å²) >= 11 is 1.50. The van der Waals surface area contributed by atoms with Crippen molar-refractivity contribution in [2.75, 3.05) is 4.90 Å². The molecule has 0 aromatic carbocycles. The van der Waals surface area contributed by atoms with Crippen LogP contribution in [-0.2, 0) is 5.54 Å². The lowest BCUT2D eigenvalue weighted by Gasteiger charge is -2.55. The van der Waals surface area contributed by atoms with E-state index >= 15 is 0 Å². The molecule has 3 aromatic rings. The third kappa shape index (κ3) is 2.64. The van der Waals surface area contributed by atoms with Crippen LogP contribution in [0, 0.1) is 5.92 Å². The van der Waals surface area contributed by atoms with Gasteiger partial charge >= 0.3 is 0 Å². The van der Waals surface area contributed by atoms with Gasteiger partial charge in [0.05, 0.1) is 16.7 Å². The Bertz CT molecular complexity index is 1030. The summed E-state index contributed by atoms with van der Waals surface area (Å²) < 4.78 is 7.76. The van der Waals surface area contributed by atoms with Crippen molar-refractivity contribution in [1.82, 2.24) is 14.8 Å². The van der Waals surface area contributed by atoms with Crippen LogP contribution in [0.15, 0.2) is 40.3 Å². The van der Waals surface area contributed by atoms with E-state index in [0.29, 0.717) is 23.5 Å². The summed E-state index contributed by atoms with van der Waals surface area (Å²) in [7, 11) is 0. The number of hydrogen-bond acceptors (Lipinski definition) is 5. The molecule has 4 heterocycles. The molecule has 2 aliphatic carbocycles. The Labute approximate surface area is 179 Å². The highest BCUT2D eigenvalue weighted by Gasteiger charge is 2.55. The molecule has 6 nitrogen and oxygen atoms in total. The average molecular weight is 423 g/mol. The van der Waals surface area contributed by atoms with Gasteiger partial charge in [0.2, 0.25) is 11.8 Å². The zero-order valence-corrected chi connectivity index (χ0v) is 17.8. The van der Waals surface area contributed by atoms with Crippen molar-refractivity contribution in [2.45, 2.75) is 69.4 Å². The molecule has 1 amide bonds. The van der Waals surface area contributed by atoms with Crippen LogP contribution in [0.3, 0.4) is 0 Å². The van der Waals surface area contributed by atoms with E-state index < -0.39 is 0 Å².